The predicted molar refractivity (Wildman–Crippen MR) is 64.8 cm³/mol. The van der Waals surface area contributed by atoms with E-state index in [0.717, 1.165) is 12.0 Å². The summed E-state index contributed by atoms with van der Waals surface area (Å²) in [4.78, 5) is 0. The van der Waals surface area contributed by atoms with Gasteiger partial charge in [-0.15, -0.1) is 0 Å². The molecule has 0 atom stereocenters. The molecular weight excluding hydrogens is 158 g/mol. The van der Waals surface area contributed by atoms with Crippen LogP contribution in [0.15, 0.2) is 37.0 Å². The molecular formula is C12H25N. The minimum Gasteiger partial charge on any atom is -0.330 e. The first-order valence-corrected chi connectivity index (χ1v) is 4.99. The summed E-state index contributed by atoms with van der Waals surface area (Å²) in [6.45, 7) is 15.9. The van der Waals surface area contributed by atoms with Crippen molar-refractivity contribution in [1.82, 2.24) is 0 Å². The molecule has 13 heavy (non-hydrogen) atoms. The van der Waals surface area contributed by atoms with Crippen molar-refractivity contribution in [2.45, 2.75) is 34.1 Å². The van der Waals surface area contributed by atoms with Gasteiger partial charge in [0.05, 0.1) is 0 Å². The van der Waals surface area contributed by atoms with Gasteiger partial charge in [-0.05, 0) is 18.5 Å². The minimum absolute atomic E-state index is 0.672. The lowest BCUT2D eigenvalue weighted by molar-refractivity contribution is 0.974. The first kappa shape index (κ1) is 18.1. The van der Waals surface area contributed by atoms with Crippen LogP contribution >= 0.6 is 0 Å². The highest BCUT2D eigenvalue weighted by Gasteiger charge is 1.84. The number of rotatable bonds is 4. The fourth-order valence-electron chi connectivity index (χ4n) is 0.571. The van der Waals surface area contributed by atoms with Crippen molar-refractivity contribution >= 4 is 0 Å². The molecule has 0 aliphatic rings. The molecule has 1 heteroatoms. The molecule has 0 aromatic carbocycles. The molecule has 0 aliphatic carbocycles. The van der Waals surface area contributed by atoms with Crippen LogP contribution in [0.5, 0.6) is 0 Å². The molecule has 0 spiro atoms. The zero-order chi connectivity index (χ0) is 11.1. The second-order valence-electron chi connectivity index (χ2n) is 1.72. The summed E-state index contributed by atoms with van der Waals surface area (Å²) in [6.07, 6.45) is 6.34. The number of allylic oxidation sites excluding steroid dienone is 3. The van der Waals surface area contributed by atoms with Gasteiger partial charge in [-0.2, -0.15) is 0 Å². The van der Waals surface area contributed by atoms with Crippen LogP contribution in [0.25, 0.3) is 0 Å². The molecule has 0 bridgehead atoms. The van der Waals surface area contributed by atoms with E-state index in [0.29, 0.717) is 6.54 Å². The Morgan fingerprint density at radius 1 is 1.15 bits per heavy atom. The topological polar surface area (TPSA) is 26.0 Å². The Hall–Kier alpha value is -0.820. The summed E-state index contributed by atoms with van der Waals surface area (Å²) in [5.74, 6) is 0. The van der Waals surface area contributed by atoms with Crippen molar-refractivity contribution in [3.05, 3.63) is 37.0 Å². The van der Waals surface area contributed by atoms with E-state index in [1.54, 1.807) is 12.2 Å². The molecule has 0 aromatic rings. The van der Waals surface area contributed by atoms with Crippen LogP contribution in [0.3, 0.4) is 0 Å². The summed E-state index contributed by atoms with van der Waals surface area (Å²) < 4.78 is 0. The van der Waals surface area contributed by atoms with Crippen molar-refractivity contribution in [1.29, 1.82) is 0 Å². The Bertz CT molecular complexity index is 123. The normalized spacial score (nSPS) is 8.54. The summed E-state index contributed by atoms with van der Waals surface area (Å²) in [5.41, 5.74) is 6.46. The molecule has 0 rings (SSSR count). The van der Waals surface area contributed by atoms with Crippen LogP contribution in [0, 0.1) is 0 Å². The lowest BCUT2D eigenvalue weighted by atomic mass is 10.2. The molecule has 2 N–H and O–H groups in total. The van der Waals surface area contributed by atoms with E-state index in [-0.39, 0.29) is 0 Å². The zero-order valence-corrected chi connectivity index (χ0v) is 9.64. The van der Waals surface area contributed by atoms with E-state index in [9.17, 15) is 0 Å². The highest BCUT2D eigenvalue weighted by atomic mass is 14.5. The van der Waals surface area contributed by atoms with Crippen molar-refractivity contribution in [2.24, 2.45) is 5.73 Å². The quantitative estimate of drug-likeness (QED) is 0.661. The van der Waals surface area contributed by atoms with E-state index in [1.165, 1.54) is 0 Å². The maximum Gasteiger partial charge on any atom is -0.00367 e. The fraction of sp³-hybridized carbons (Fsp3) is 0.500. The van der Waals surface area contributed by atoms with Gasteiger partial charge in [-0.1, -0.05) is 59.1 Å². The Balaban J connectivity index is -0.000000218. The lowest BCUT2D eigenvalue weighted by Gasteiger charge is -1.94. The molecule has 0 radical (unpaired) electrons. The number of hydrogen-bond acceptors (Lipinski definition) is 1. The van der Waals surface area contributed by atoms with Crippen LogP contribution in [-0.4, -0.2) is 6.54 Å². The Morgan fingerprint density at radius 2 is 1.62 bits per heavy atom. The zero-order valence-electron chi connectivity index (χ0n) is 9.64. The molecule has 0 aliphatic heterocycles. The predicted octanol–water partition coefficient (Wildman–Crippen LogP) is 3.69. The van der Waals surface area contributed by atoms with Crippen molar-refractivity contribution < 1.29 is 0 Å². The maximum atomic E-state index is 5.31. The standard InChI is InChI=1S/C8H13N.2C2H6/c1-3-5-8(4-2)6-7-9;2*1-2/h3-5H,1-2,6-7,9H2;2*1-2H3/b8-5+;;. The second-order valence-corrected chi connectivity index (χ2v) is 1.72. The molecule has 0 unspecified atom stereocenters. The average Bonchev–Trinajstić information content (AvgIpc) is 2.23. The Morgan fingerprint density at radius 3 is 1.85 bits per heavy atom. The smallest absolute Gasteiger partial charge is 0.00367 e. The molecule has 0 fully saturated rings. The van der Waals surface area contributed by atoms with Gasteiger partial charge in [0.25, 0.3) is 0 Å². The molecule has 0 heterocycles. The van der Waals surface area contributed by atoms with Crippen LogP contribution in [0.4, 0.5) is 0 Å². The van der Waals surface area contributed by atoms with Gasteiger partial charge in [0.15, 0.2) is 0 Å². The SMILES string of the molecule is C=C/C=C(\C=C)CCN.CC.CC. The third kappa shape index (κ3) is 18.3. The second kappa shape index (κ2) is 22.5. The largest absolute Gasteiger partial charge is 0.330 e. The molecule has 1 nitrogen and oxygen atoms in total. The number of hydrogen-bond donors (Lipinski definition) is 1. The van der Waals surface area contributed by atoms with E-state index in [2.05, 4.69) is 13.2 Å². The summed E-state index contributed by atoms with van der Waals surface area (Å²) in [7, 11) is 0. The highest BCUT2D eigenvalue weighted by molar-refractivity contribution is 5.20. The summed E-state index contributed by atoms with van der Waals surface area (Å²) >= 11 is 0. The molecule has 78 valence electrons. The van der Waals surface area contributed by atoms with E-state index >= 15 is 0 Å². The fourth-order valence-corrected chi connectivity index (χ4v) is 0.571. The third-order valence-corrected chi connectivity index (χ3v) is 1.03. The molecule has 0 saturated heterocycles. The highest BCUT2D eigenvalue weighted by Crippen LogP contribution is 1.99. The van der Waals surface area contributed by atoms with Crippen LogP contribution in [0.1, 0.15) is 34.1 Å². The third-order valence-electron chi connectivity index (χ3n) is 1.03. The van der Waals surface area contributed by atoms with Crippen molar-refractivity contribution in [3.63, 3.8) is 0 Å². The maximum absolute atomic E-state index is 5.31. The molecule has 0 saturated carbocycles. The summed E-state index contributed by atoms with van der Waals surface area (Å²) in [6, 6.07) is 0. The van der Waals surface area contributed by atoms with Gasteiger partial charge in [-0.25, -0.2) is 0 Å². The van der Waals surface area contributed by atoms with Crippen LogP contribution in [0.2, 0.25) is 0 Å². The van der Waals surface area contributed by atoms with Crippen molar-refractivity contribution in [2.75, 3.05) is 6.54 Å². The van der Waals surface area contributed by atoms with Crippen LogP contribution < -0.4 is 5.73 Å². The minimum atomic E-state index is 0.672. The van der Waals surface area contributed by atoms with E-state index in [4.69, 9.17) is 5.73 Å². The first-order valence-electron chi connectivity index (χ1n) is 4.99. The van der Waals surface area contributed by atoms with Gasteiger partial charge < -0.3 is 5.73 Å². The number of nitrogens with two attached hydrogens (primary N) is 1. The Labute approximate surface area is 84.0 Å². The van der Waals surface area contributed by atoms with Crippen LogP contribution in [-0.2, 0) is 0 Å². The Kier molecular flexibility index (Phi) is 31.2. The van der Waals surface area contributed by atoms with Gasteiger partial charge >= 0.3 is 0 Å². The van der Waals surface area contributed by atoms with Gasteiger partial charge in [-0.3, -0.25) is 0 Å². The van der Waals surface area contributed by atoms with E-state index < -0.39 is 0 Å². The van der Waals surface area contributed by atoms with Crippen molar-refractivity contribution in [3.8, 4) is 0 Å². The van der Waals surface area contributed by atoms with Gasteiger partial charge in [0, 0.05) is 0 Å². The summed E-state index contributed by atoms with van der Waals surface area (Å²) in [5, 5.41) is 0. The molecule has 0 amide bonds. The lowest BCUT2D eigenvalue weighted by Crippen LogP contribution is -1.98. The first-order chi connectivity index (χ1) is 6.35. The van der Waals surface area contributed by atoms with Gasteiger partial charge in [0.2, 0.25) is 0 Å². The monoisotopic (exact) mass is 183 g/mol. The average molecular weight is 183 g/mol. The van der Waals surface area contributed by atoms with Gasteiger partial charge in [0.1, 0.15) is 0 Å². The molecule has 0 aromatic heterocycles. The van der Waals surface area contributed by atoms with E-state index in [1.807, 2.05) is 33.8 Å².